The zero-order valence-corrected chi connectivity index (χ0v) is 12.3. The lowest BCUT2D eigenvalue weighted by atomic mass is 9.98. The Morgan fingerprint density at radius 2 is 1.89 bits per heavy atom. The molecule has 1 aromatic heterocycles. The molecule has 0 radical (unpaired) electrons. The van der Waals surface area contributed by atoms with Crippen molar-refractivity contribution in [2.75, 3.05) is 5.73 Å². The van der Waals surface area contributed by atoms with Crippen molar-refractivity contribution in [1.82, 2.24) is 4.98 Å². The molecule has 0 saturated heterocycles. The van der Waals surface area contributed by atoms with Crippen LogP contribution >= 0.6 is 46.1 Å². The highest BCUT2D eigenvalue weighted by molar-refractivity contribution is 7.15. The molecule has 0 spiro atoms. The van der Waals surface area contributed by atoms with Crippen LogP contribution in [0.25, 0.3) is 0 Å². The van der Waals surface area contributed by atoms with E-state index in [1.165, 1.54) is 16.2 Å². The summed E-state index contributed by atoms with van der Waals surface area (Å²) in [4.78, 5) is 5.53. The van der Waals surface area contributed by atoms with Gasteiger partial charge in [0.2, 0.25) is 0 Å². The van der Waals surface area contributed by atoms with Gasteiger partial charge in [-0.3, -0.25) is 0 Å². The lowest BCUT2D eigenvalue weighted by molar-refractivity contribution is 0.791. The van der Waals surface area contributed by atoms with Crippen molar-refractivity contribution in [3.05, 3.63) is 43.3 Å². The van der Waals surface area contributed by atoms with Gasteiger partial charge in [-0.05, 0) is 30.5 Å². The number of nitrogens with two attached hydrogens (primary N) is 1. The Morgan fingerprint density at radius 3 is 2.67 bits per heavy atom. The van der Waals surface area contributed by atoms with E-state index in [0.29, 0.717) is 20.2 Å². The van der Waals surface area contributed by atoms with Crippen molar-refractivity contribution in [2.45, 2.75) is 18.8 Å². The molecule has 2 nitrogen and oxygen atoms in total. The van der Waals surface area contributed by atoms with E-state index in [1.807, 2.05) is 6.07 Å². The summed E-state index contributed by atoms with van der Waals surface area (Å²) >= 11 is 19.8. The number of benzene rings is 1. The highest BCUT2D eigenvalue weighted by Crippen LogP contribution is 2.45. The summed E-state index contributed by atoms with van der Waals surface area (Å²) < 4.78 is 0. The van der Waals surface area contributed by atoms with Crippen LogP contribution in [0.1, 0.15) is 28.5 Å². The minimum Gasteiger partial charge on any atom is -0.375 e. The molecule has 0 bridgehead atoms. The maximum absolute atomic E-state index is 6.26. The van der Waals surface area contributed by atoms with Crippen molar-refractivity contribution >= 4 is 51.3 Å². The van der Waals surface area contributed by atoms with Crippen LogP contribution < -0.4 is 5.73 Å². The number of hydrogen-bond donors (Lipinski definition) is 1. The number of rotatable bonds is 1. The molecule has 6 heteroatoms. The van der Waals surface area contributed by atoms with Crippen molar-refractivity contribution in [1.29, 1.82) is 0 Å². The highest BCUT2D eigenvalue weighted by atomic mass is 35.5. The van der Waals surface area contributed by atoms with Crippen LogP contribution in [0.4, 0.5) is 5.13 Å². The summed E-state index contributed by atoms with van der Waals surface area (Å²) in [7, 11) is 0. The van der Waals surface area contributed by atoms with Gasteiger partial charge in [-0.25, -0.2) is 4.98 Å². The SMILES string of the molecule is Nc1nc2c(s1)C(c1cc(Cl)c(Cl)cc1Cl)CC2. The Morgan fingerprint density at radius 1 is 1.17 bits per heavy atom. The first-order valence-corrected chi connectivity index (χ1v) is 7.41. The van der Waals surface area contributed by atoms with Gasteiger partial charge in [0.05, 0.1) is 15.7 Å². The number of hydrogen-bond acceptors (Lipinski definition) is 3. The normalized spacial score (nSPS) is 18.1. The summed E-state index contributed by atoms with van der Waals surface area (Å²) in [6.07, 6.45) is 1.93. The lowest BCUT2D eigenvalue weighted by Gasteiger charge is -2.13. The fourth-order valence-electron chi connectivity index (χ4n) is 2.35. The number of halogens is 3. The highest BCUT2D eigenvalue weighted by Gasteiger charge is 2.29. The zero-order valence-electron chi connectivity index (χ0n) is 9.21. The van der Waals surface area contributed by atoms with Gasteiger partial charge in [-0.15, -0.1) is 11.3 Å². The van der Waals surface area contributed by atoms with Crippen molar-refractivity contribution in [3.63, 3.8) is 0 Å². The summed E-state index contributed by atoms with van der Waals surface area (Å²) in [5.74, 6) is 0.233. The second-order valence-corrected chi connectivity index (χ2v) is 6.53. The first kappa shape index (κ1) is 12.5. The van der Waals surface area contributed by atoms with Gasteiger partial charge in [0.1, 0.15) is 0 Å². The van der Waals surface area contributed by atoms with E-state index in [0.717, 1.165) is 24.1 Å². The second kappa shape index (κ2) is 4.57. The molecule has 1 aliphatic rings. The monoisotopic (exact) mass is 318 g/mol. The van der Waals surface area contributed by atoms with E-state index in [9.17, 15) is 0 Å². The molecule has 1 unspecified atom stereocenters. The van der Waals surface area contributed by atoms with Gasteiger partial charge < -0.3 is 5.73 Å². The smallest absolute Gasteiger partial charge is 0.180 e. The van der Waals surface area contributed by atoms with Gasteiger partial charge in [0, 0.05) is 15.8 Å². The summed E-state index contributed by atoms with van der Waals surface area (Å²) in [5, 5.41) is 2.27. The van der Waals surface area contributed by atoms with Crippen LogP contribution in [-0.2, 0) is 6.42 Å². The Labute approximate surface area is 124 Å². The molecule has 2 N–H and O–H groups in total. The molecule has 18 heavy (non-hydrogen) atoms. The van der Waals surface area contributed by atoms with Crippen LogP contribution in [0, 0.1) is 0 Å². The average Bonchev–Trinajstić information content (AvgIpc) is 2.82. The molecule has 2 aromatic rings. The fraction of sp³-hybridized carbons (Fsp3) is 0.250. The van der Waals surface area contributed by atoms with Crippen molar-refractivity contribution in [3.8, 4) is 0 Å². The Kier molecular flexibility index (Phi) is 3.18. The van der Waals surface area contributed by atoms with Crippen LogP contribution in [0.3, 0.4) is 0 Å². The van der Waals surface area contributed by atoms with Crippen LogP contribution in [0.15, 0.2) is 12.1 Å². The quantitative estimate of drug-likeness (QED) is 0.769. The largest absolute Gasteiger partial charge is 0.375 e. The Balaban J connectivity index is 2.09. The minimum atomic E-state index is 0.233. The minimum absolute atomic E-state index is 0.233. The molecule has 1 atom stereocenters. The number of fused-ring (bicyclic) bond motifs is 1. The zero-order chi connectivity index (χ0) is 12.9. The molecular weight excluding hydrogens is 311 g/mol. The van der Waals surface area contributed by atoms with E-state index >= 15 is 0 Å². The maximum atomic E-state index is 6.26. The number of nitrogen functional groups attached to an aromatic ring is 1. The average molecular weight is 320 g/mol. The van der Waals surface area contributed by atoms with E-state index in [1.54, 1.807) is 6.07 Å². The third-order valence-electron chi connectivity index (χ3n) is 3.15. The van der Waals surface area contributed by atoms with E-state index in [-0.39, 0.29) is 5.92 Å². The molecule has 1 heterocycles. The molecular formula is C12H9Cl3N2S. The molecule has 3 rings (SSSR count). The molecule has 0 saturated carbocycles. The third kappa shape index (κ3) is 1.99. The first-order chi connectivity index (χ1) is 8.56. The Hall–Kier alpha value is -0.480. The molecule has 94 valence electrons. The van der Waals surface area contributed by atoms with E-state index in [4.69, 9.17) is 40.5 Å². The predicted molar refractivity (Wildman–Crippen MR) is 78.2 cm³/mol. The molecule has 0 aliphatic heterocycles. The lowest BCUT2D eigenvalue weighted by Crippen LogP contribution is -1.96. The number of aryl methyl sites for hydroxylation is 1. The number of thiazole rings is 1. The molecule has 0 amide bonds. The fourth-order valence-corrected chi connectivity index (χ4v) is 4.07. The summed E-state index contributed by atoms with van der Waals surface area (Å²) in [6.45, 7) is 0. The van der Waals surface area contributed by atoms with Crippen LogP contribution in [0.5, 0.6) is 0 Å². The summed E-state index contributed by atoms with van der Waals surface area (Å²) in [5.41, 5.74) is 7.84. The number of anilines is 1. The topological polar surface area (TPSA) is 38.9 Å². The van der Waals surface area contributed by atoms with Gasteiger partial charge >= 0.3 is 0 Å². The summed E-state index contributed by atoms with van der Waals surface area (Å²) in [6, 6.07) is 3.55. The standard InChI is InChI=1S/C12H9Cl3N2S/c13-7-4-9(15)8(14)3-6(7)5-1-2-10-11(5)18-12(16)17-10/h3-5H,1-2H2,(H2,16,17). The third-order valence-corrected chi connectivity index (χ3v) is 5.24. The predicted octanol–water partition coefficient (Wildman–Crippen LogP) is 4.76. The number of nitrogens with zero attached hydrogens (tertiary/aromatic N) is 1. The van der Waals surface area contributed by atoms with E-state index < -0.39 is 0 Å². The van der Waals surface area contributed by atoms with Gasteiger partial charge in [0.25, 0.3) is 0 Å². The number of aromatic nitrogens is 1. The Bertz CT molecular complexity index is 624. The van der Waals surface area contributed by atoms with Gasteiger partial charge in [0.15, 0.2) is 5.13 Å². The molecule has 1 aromatic carbocycles. The second-order valence-electron chi connectivity index (χ2n) is 4.24. The van der Waals surface area contributed by atoms with Crippen LogP contribution in [-0.4, -0.2) is 4.98 Å². The maximum Gasteiger partial charge on any atom is 0.180 e. The van der Waals surface area contributed by atoms with Gasteiger partial charge in [-0.2, -0.15) is 0 Å². The van der Waals surface area contributed by atoms with Gasteiger partial charge in [-0.1, -0.05) is 34.8 Å². The van der Waals surface area contributed by atoms with Crippen molar-refractivity contribution in [2.24, 2.45) is 0 Å². The first-order valence-electron chi connectivity index (χ1n) is 5.45. The molecule has 0 fully saturated rings. The van der Waals surface area contributed by atoms with Crippen molar-refractivity contribution < 1.29 is 0 Å². The van der Waals surface area contributed by atoms with Crippen LogP contribution in [0.2, 0.25) is 15.1 Å². The van der Waals surface area contributed by atoms with E-state index in [2.05, 4.69) is 4.98 Å². The molecule has 1 aliphatic carbocycles.